The maximum atomic E-state index is 13.1. The first kappa shape index (κ1) is 16.0. The van der Waals surface area contributed by atoms with Crippen LogP contribution in [0.5, 0.6) is 0 Å². The van der Waals surface area contributed by atoms with Crippen LogP contribution in [-0.2, 0) is 0 Å². The van der Waals surface area contributed by atoms with Crippen molar-refractivity contribution in [2.45, 2.75) is 6.42 Å². The van der Waals surface area contributed by atoms with Gasteiger partial charge in [0.2, 0.25) is 5.95 Å². The van der Waals surface area contributed by atoms with Crippen LogP contribution in [0.25, 0.3) is 0 Å². The molecule has 8 heteroatoms. The largest absolute Gasteiger partial charge is 0.369 e. The summed E-state index contributed by atoms with van der Waals surface area (Å²) in [4.78, 5) is 6.30. The van der Waals surface area contributed by atoms with Crippen LogP contribution in [0.15, 0.2) is 24.4 Å². The average molecular weight is 308 g/mol. The van der Waals surface area contributed by atoms with Gasteiger partial charge in [0.25, 0.3) is 0 Å². The first-order valence-electron chi connectivity index (χ1n) is 6.85. The quantitative estimate of drug-likeness (QED) is 0.765. The van der Waals surface area contributed by atoms with Gasteiger partial charge in [0.15, 0.2) is 17.5 Å². The van der Waals surface area contributed by atoms with Crippen LogP contribution in [0.1, 0.15) is 6.42 Å². The molecule has 1 aromatic carbocycles. The van der Waals surface area contributed by atoms with Crippen LogP contribution in [0.2, 0.25) is 0 Å². The molecule has 0 spiro atoms. The van der Waals surface area contributed by atoms with Gasteiger partial charge in [-0.15, -0.1) is 5.10 Å². The topological polar surface area (TPSA) is 66.0 Å². The molecule has 2 aromatic rings. The van der Waals surface area contributed by atoms with E-state index in [1.54, 1.807) is 0 Å². The maximum Gasteiger partial charge on any atom is 0.249 e. The summed E-state index contributed by atoms with van der Waals surface area (Å²) in [6.45, 7) is 1.72. The summed E-state index contributed by atoms with van der Waals surface area (Å²) in [6, 6.07) is 3.48. The summed E-state index contributed by atoms with van der Waals surface area (Å²) in [5.41, 5.74) is 0.352. The number of nitrogens with one attached hydrogen (secondary N) is 2. The number of halogens is 2. The monoisotopic (exact) mass is 308 g/mol. The SMILES string of the molecule is CN(C)CCCNc1cnnc(Nc2ccc(F)c(F)c2)n1. The van der Waals surface area contributed by atoms with Gasteiger partial charge >= 0.3 is 0 Å². The number of hydrogen-bond donors (Lipinski definition) is 2. The van der Waals surface area contributed by atoms with Crippen molar-refractivity contribution in [3.8, 4) is 0 Å². The van der Waals surface area contributed by atoms with E-state index in [1.807, 2.05) is 14.1 Å². The summed E-state index contributed by atoms with van der Waals surface area (Å²) in [5, 5.41) is 13.5. The van der Waals surface area contributed by atoms with Crippen molar-refractivity contribution < 1.29 is 8.78 Å². The Kier molecular flexibility index (Phi) is 5.54. The van der Waals surface area contributed by atoms with Gasteiger partial charge in [0.1, 0.15) is 0 Å². The lowest BCUT2D eigenvalue weighted by molar-refractivity contribution is 0.405. The number of hydrogen-bond acceptors (Lipinski definition) is 6. The Morgan fingerprint density at radius 3 is 2.73 bits per heavy atom. The molecule has 0 radical (unpaired) electrons. The van der Waals surface area contributed by atoms with Crippen LogP contribution in [-0.4, -0.2) is 47.3 Å². The van der Waals surface area contributed by atoms with Gasteiger partial charge in [-0.1, -0.05) is 0 Å². The fourth-order valence-corrected chi connectivity index (χ4v) is 1.76. The normalized spacial score (nSPS) is 10.8. The molecule has 0 aliphatic carbocycles. The van der Waals surface area contributed by atoms with Gasteiger partial charge in [-0.05, 0) is 39.2 Å². The Morgan fingerprint density at radius 1 is 1.18 bits per heavy atom. The maximum absolute atomic E-state index is 13.1. The van der Waals surface area contributed by atoms with E-state index in [4.69, 9.17) is 0 Å². The summed E-state index contributed by atoms with van der Waals surface area (Å²) in [7, 11) is 4.02. The molecule has 0 aliphatic rings. The smallest absolute Gasteiger partial charge is 0.249 e. The average Bonchev–Trinajstić information content (AvgIpc) is 2.48. The fourth-order valence-electron chi connectivity index (χ4n) is 1.76. The van der Waals surface area contributed by atoms with Gasteiger partial charge in [-0.3, -0.25) is 0 Å². The highest BCUT2D eigenvalue weighted by atomic mass is 19.2. The van der Waals surface area contributed by atoms with Gasteiger partial charge in [0, 0.05) is 18.3 Å². The molecular weight excluding hydrogens is 290 g/mol. The highest BCUT2D eigenvalue weighted by Gasteiger charge is 2.05. The molecular formula is C14H18F2N6. The minimum Gasteiger partial charge on any atom is -0.369 e. The molecule has 0 saturated heterocycles. The third-order valence-electron chi connectivity index (χ3n) is 2.82. The van der Waals surface area contributed by atoms with E-state index in [9.17, 15) is 8.78 Å². The lowest BCUT2D eigenvalue weighted by Crippen LogP contribution is -2.17. The second-order valence-electron chi connectivity index (χ2n) is 5.00. The Hall–Kier alpha value is -2.35. The summed E-state index contributed by atoms with van der Waals surface area (Å²) in [6.07, 6.45) is 2.47. The van der Waals surface area contributed by atoms with Gasteiger partial charge in [-0.2, -0.15) is 10.1 Å². The van der Waals surface area contributed by atoms with E-state index in [-0.39, 0.29) is 5.95 Å². The lowest BCUT2D eigenvalue weighted by Gasteiger charge is -2.10. The molecule has 2 rings (SSSR count). The first-order chi connectivity index (χ1) is 10.5. The number of benzene rings is 1. The van der Waals surface area contributed by atoms with Crippen molar-refractivity contribution in [2.24, 2.45) is 0 Å². The Balaban J connectivity index is 1.94. The zero-order valence-corrected chi connectivity index (χ0v) is 12.5. The molecule has 0 bridgehead atoms. The molecule has 118 valence electrons. The Bertz CT molecular complexity index is 620. The highest BCUT2D eigenvalue weighted by molar-refractivity contribution is 5.54. The standard InChI is InChI=1S/C14H18F2N6/c1-22(2)7-3-6-17-13-9-18-21-14(20-13)19-10-4-5-11(15)12(16)8-10/h4-5,8-9H,3,6-7H2,1-2H3,(H2,17,19,20,21). The van der Waals surface area contributed by atoms with Crippen molar-refractivity contribution in [3.05, 3.63) is 36.0 Å². The molecule has 0 saturated carbocycles. The van der Waals surface area contributed by atoms with E-state index in [2.05, 4.69) is 30.7 Å². The van der Waals surface area contributed by atoms with Crippen molar-refractivity contribution in [1.29, 1.82) is 0 Å². The summed E-state index contributed by atoms with van der Waals surface area (Å²) < 4.78 is 26.0. The van der Waals surface area contributed by atoms with Crippen LogP contribution in [0, 0.1) is 11.6 Å². The predicted octanol–water partition coefficient (Wildman–Crippen LogP) is 2.26. The molecule has 0 fully saturated rings. The van der Waals surface area contributed by atoms with E-state index in [0.717, 1.165) is 31.6 Å². The van der Waals surface area contributed by atoms with Crippen LogP contribution in [0.3, 0.4) is 0 Å². The molecule has 0 amide bonds. The Morgan fingerprint density at radius 2 is 2.00 bits per heavy atom. The van der Waals surface area contributed by atoms with Crippen molar-refractivity contribution in [3.63, 3.8) is 0 Å². The van der Waals surface area contributed by atoms with E-state index >= 15 is 0 Å². The minimum atomic E-state index is -0.934. The first-order valence-corrected chi connectivity index (χ1v) is 6.85. The Labute approximate surface area is 127 Å². The molecule has 6 nitrogen and oxygen atoms in total. The third kappa shape index (κ3) is 4.88. The highest BCUT2D eigenvalue weighted by Crippen LogP contribution is 2.16. The molecule has 1 aromatic heterocycles. The second-order valence-corrected chi connectivity index (χ2v) is 5.00. The van der Waals surface area contributed by atoms with Crippen molar-refractivity contribution in [1.82, 2.24) is 20.1 Å². The van der Waals surface area contributed by atoms with E-state index < -0.39 is 11.6 Å². The van der Waals surface area contributed by atoms with Gasteiger partial charge < -0.3 is 15.5 Å². The van der Waals surface area contributed by atoms with Crippen molar-refractivity contribution >= 4 is 17.5 Å². The third-order valence-corrected chi connectivity index (χ3v) is 2.82. The molecule has 0 aliphatic heterocycles. The number of anilines is 3. The predicted molar refractivity (Wildman–Crippen MR) is 81.1 cm³/mol. The van der Waals surface area contributed by atoms with Crippen LogP contribution < -0.4 is 10.6 Å². The lowest BCUT2D eigenvalue weighted by atomic mass is 10.3. The molecule has 1 heterocycles. The minimum absolute atomic E-state index is 0.212. The summed E-state index contributed by atoms with van der Waals surface area (Å²) in [5.74, 6) is -1.06. The van der Waals surface area contributed by atoms with Gasteiger partial charge in [0.05, 0.1) is 6.20 Å². The number of rotatable bonds is 7. The van der Waals surface area contributed by atoms with Crippen LogP contribution in [0.4, 0.5) is 26.2 Å². The molecule has 0 unspecified atom stereocenters. The number of nitrogens with zero attached hydrogens (tertiary/aromatic N) is 4. The zero-order valence-electron chi connectivity index (χ0n) is 12.5. The number of aromatic nitrogens is 3. The second kappa shape index (κ2) is 7.60. The van der Waals surface area contributed by atoms with E-state index in [0.29, 0.717) is 11.5 Å². The van der Waals surface area contributed by atoms with Crippen LogP contribution >= 0.6 is 0 Å². The molecule has 2 N–H and O–H groups in total. The molecule has 0 atom stereocenters. The van der Waals surface area contributed by atoms with Crippen molar-refractivity contribution in [2.75, 3.05) is 37.8 Å². The van der Waals surface area contributed by atoms with E-state index in [1.165, 1.54) is 12.3 Å². The molecule has 22 heavy (non-hydrogen) atoms. The zero-order chi connectivity index (χ0) is 15.9. The van der Waals surface area contributed by atoms with Gasteiger partial charge in [-0.25, -0.2) is 8.78 Å². The fraction of sp³-hybridized carbons (Fsp3) is 0.357. The summed E-state index contributed by atoms with van der Waals surface area (Å²) >= 11 is 0.